The second-order valence-electron chi connectivity index (χ2n) is 5.98. The van der Waals surface area contributed by atoms with Crippen molar-refractivity contribution in [3.8, 4) is 0 Å². The van der Waals surface area contributed by atoms with Gasteiger partial charge in [-0.05, 0) is 30.5 Å². The number of Topliss-reactive ketones (excluding diaryl/α,β-unsaturated/α-hetero) is 1. The quantitative estimate of drug-likeness (QED) is 0.744. The number of hydrogen-bond acceptors (Lipinski definition) is 4. The molecule has 0 spiro atoms. The monoisotopic (exact) mass is 327 g/mol. The zero-order valence-corrected chi connectivity index (χ0v) is 12.6. The summed E-state index contributed by atoms with van der Waals surface area (Å²) in [7, 11) is 0. The maximum atomic E-state index is 13.3. The van der Waals surface area contributed by atoms with Crippen LogP contribution < -0.4 is 16.6 Å². The number of nitrogens with one attached hydrogen (secondary N) is 3. The fourth-order valence-electron chi connectivity index (χ4n) is 3.48. The van der Waals surface area contributed by atoms with E-state index in [0.29, 0.717) is 41.9 Å². The van der Waals surface area contributed by atoms with Crippen LogP contribution in [0.2, 0.25) is 0 Å². The van der Waals surface area contributed by atoms with Crippen LogP contribution >= 0.6 is 0 Å². The lowest BCUT2D eigenvalue weighted by Crippen LogP contribution is -2.36. The first-order valence-corrected chi connectivity index (χ1v) is 7.70. The number of aromatic nitrogens is 2. The van der Waals surface area contributed by atoms with Crippen molar-refractivity contribution in [3.05, 3.63) is 73.3 Å². The van der Waals surface area contributed by atoms with E-state index in [9.17, 15) is 18.8 Å². The van der Waals surface area contributed by atoms with Gasteiger partial charge < -0.3 is 5.32 Å². The normalized spacial score (nSPS) is 19.5. The highest BCUT2D eigenvalue weighted by Gasteiger charge is 2.37. The van der Waals surface area contributed by atoms with Gasteiger partial charge in [0.05, 0.1) is 5.56 Å². The van der Waals surface area contributed by atoms with Crippen molar-refractivity contribution in [2.24, 2.45) is 0 Å². The fourth-order valence-corrected chi connectivity index (χ4v) is 3.48. The van der Waals surface area contributed by atoms with E-state index in [1.165, 1.54) is 12.1 Å². The summed E-state index contributed by atoms with van der Waals surface area (Å²) < 4.78 is 13.3. The number of benzene rings is 1. The molecular formula is C17H14FN3O3. The Bertz CT molecular complexity index is 985. The number of carbonyl (C=O) groups excluding carboxylic acids is 1. The molecule has 0 saturated heterocycles. The van der Waals surface area contributed by atoms with Gasteiger partial charge in [-0.2, -0.15) is 0 Å². The summed E-state index contributed by atoms with van der Waals surface area (Å²) in [6.45, 7) is 0. The van der Waals surface area contributed by atoms with E-state index in [2.05, 4.69) is 15.3 Å². The molecule has 2 aliphatic rings. The third-order valence-electron chi connectivity index (χ3n) is 4.49. The van der Waals surface area contributed by atoms with Crippen LogP contribution in [0.15, 0.2) is 45.1 Å². The van der Waals surface area contributed by atoms with Crippen molar-refractivity contribution in [3.63, 3.8) is 0 Å². The van der Waals surface area contributed by atoms with Crippen molar-refractivity contribution in [2.75, 3.05) is 5.32 Å². The first kappa shape index (κ1) is 14.6. The summed E-state index contributed by atoms with van der Waals surface area (Å²) >= 11 is 0. The van der Waals surface area contributed by atoms with E-state index in [1.807, 2.05) is 0 Å². The molecule has 24 heavy (non-hydrogen) atoms. The summed E-state index contributed by atoms with van der Waals surface area (Å²) in [6, 6.07) is 5.72. The third kappa shape index (κ3) is 2.20. The van der Waals surface area contributed by atoms with Crippen LogP contribution in [0.25, 0.3) is 0 Å². The molecule has 4 rings (SSSR count). The molecule has 0 saturated carbocycles. The molecule has 122 valence electrons. The molecule has 1 unspecified atom stereocenters. The summed E-state index contributed by atoms with van der Waals surface area (Å²) in [6.07, 6.45) is 1.78. The van der Waals surface area contributed by atoms with Gasteiger partial charge in [-0.25, -0.2) is 9.18 Å². The van der Waals surface area contributed by atoms with Gasteiger partial charge in [-0.3, -0.25) is 19.6 Å². The average molecular weight is 327 g/mol. The first-order valence-electron chi connectivity index (χ1n) is 7.70. The number of ketones is 1. The maximum Gasteiger partial charge on any atom is 0.327 e. The van der Waals surface area contributed by atoms with Crippen molar-refractivity contribution in [1.29, 1.82) is 0 Å². The SMILES string of the molecule is O=C1CCCC2=C1C(c1ccc(F)cc1)c1c([nH]c(=O)[nH]c1=O)N2. The molecule has 1 aliphatic heterocycles. The lowest BCUT2D eigenvalue weighted by atomic mass is 9.76. The molecule has 3 N–H and O–H groups in total. The Morgan fingerprint density at radius 2 is 1.75 bits per heavy atom. The highest BCUT2D eigenvalue weighted by atomic mass is 19.1. The van der Waals surface area contributed by atoms with Gasteiger partial charge in [0.15, 0.2) is 5.78 Å². The predicted molar refractivity (Wildman–Crippen MR) is 85.4 cm³/mol. The van der Waals surface area contributed by atoms with Crippen LogP contribution in [0, 0.1) is 5.82 Å². The molecular weight excluding hydrogens is 313 g/mol. The number of H-pyrrole nitrogens is 2. The second-order valence-corrected chi connectivity index (χ2v) is 5.98. The number of fused-ring (bicyclic) bond motifs is 1. The minimum atomic E-state index is -0.620. The standard InChI is InChI=1S/C17H14FN3O3/c18-9-6-4-8(5-7-9)12-13-10(2-1-3-11(13)22)19-15-14(12)16(23)21-17(24)20-15/h4-7,12H,1-3H2,(H3,19,20,21,23,24). The minimum Gasteiger partial charge on any atom is -0.344 e. The zero-order valence-electron chi connectivity index (χ0n) is 12.6. The number of anilines is 1. The fraction of sp³-hybridized carbons (Fsp3) is 0.235. The highest BCUT2D eigenvalue weighted by molar-refractivity contribution is 6.00. The molecule has 0 fully saturated rings. The molecule has 1 aromatic carbocycles. The number of aromatic amines is 2. The van der Waals surface area contributed by atoms with Crippen LogP contribution in [0.3, 0.4) is 0 Å². The Hall–Kier alpha value is -2.96. The Morgan fingerprint density at radius 1 is 1.00 bits per heavy atom. The van der Waals surface area contributed by atoms with Crippen LogP contribution in [0.1, 0.15) is 36.3 Å². The van der Waals surface area contributed by atoms with Crippen molar-refractivity contribution in [2.45, 2.75) is 25.2 Å². The second kappa shape index (κ2) is 5.30. The number of rotatable bonds is 1. The minimum absolute atomic E-state index is 0.0330. The summed E-state index contributed by atoms with van der Waals surface area (Å²) in [5.41, 5.74) is 0.984. The average Bonchev–Trinajstić information content (AvgIpc) is 2.54. The number of halogens is 1. The number of allylic oxidation sites excluding steroid dienone is 2. The summed E-state index contributed by atoms with van der Waals surface area (Å²) in [4.78, 5) is 41.3. The topological polar surface area (TPSA) is 94.8 Å². The molecule has 0 bridgehead atoms. The van der Waals surface area contributed by atoms with E-state index in [1.54, 1.807) is 12.1 Å². The van der Waals surface area contributed by atoms with Crippen LogP contribution in [-0.2, 0) is 4.79 Å². The largest absolute Gasteiger partial charge is 0.344 e. The molecule has 7 heteroatoms. The van der Waals surface area contributed by atoms with Crippen LogP contribution in [0.4, 0.5) is 10.2 Å². The molecule has 0 radical (unpaired) electrons. The number of hydrogen-bond donors (Lipinski definition) is 3. The molecule has 1 atom stereocenters. The smallest absolute Gasteiger partial charge is 0.327 e. The summed E-state index contributed by atoms with van der Waals surface area (Å²) in [5, 5.41) is 3.03. The van der Waals surface area contributed by atoms with Crippen LogP contribution in [-0.4, -0.2) is 15.8 Å². The first-order chi connectivity index (χ1) is 11.5. The maximum absolute atomic E-state index is 13.3. The molecule has 1 aromatic heterocycles. The zero-order chi connectivity index (χ0) is 16.8. The lowest BCUT2D eigenvalue weighted by Gasteiger charge is -2.32. The predicted octanol–water partition coefficient (Wildman–Crippen LogP) is 1.77. The Labute approximate surface area is 135 Å². The van der Waals surface area contributed by atoms with Gasteiger partial charge in [-0.1, -0.05) is 12.1 Å². The Morgan fingerprint density at radius 3 is 2.50 bits per heavy atom. The highest BCUT2D eigenvalue weighted by Crippen LogP contribution is 2.42. The molecule has 0 amide bonds. The van der Waals surface area contributed by atoms with E-state index in [0.717, 1.165) is 0 Å². The van der Waals surface area contributed by atoms with Gasteiger partial charge in [-0.15, -0.1) is 0 Å². The Balaban J connectivity index is 2.01. The Kier molecular flexibility index (Phi) is 3.23. The molecule has 2 heterocycles. The third-order valence-corrected chi connectivity index (χ3v) is 4.49. The molecule has 1 aliphatic carbocycles. The van der Waals surface area contributed by atoms with Gasteiger partial charge in [0, 0.05) is 23.6 Å². The van der Waals surface area contributed by atoms with Crippen LogP contribution in [0.5, 0.6) is 0 Å². The lowest BCUT2D eigenvalue weighted by molar-refractivity contribution is -0.116. The van der Waals surface area contributed by atoms with E-state index < -0.39 is 23.0 Å². The molecule has 6 nitrogen and oxygen atoms in total. The van der Waals surface area contributed by atoms with E-state index in [4.69, 9.17) is 0 Å². The van der Waals surface area contributed by atoms with Crippen molar-refractivity contribution < 1.29 is 9.18 Å². The van der Waals surface area contributed by atoms with Crippen molar-refractivity contribution >= 4 is 11.6 Å². The van der Waals surface area contributed by atoms with E-state index in [-0.39, 0.29) is 11.3 Å². The van der Waals surface area contributed by atoms with Gasteiger partial charge >= 0.3 is 5.69 Å². The van der Waals surface area contributed by atoms with E-state index >= 15 is 0 Å². The van der Waals surface area contributed by atoms with Gasteiger partial charge in [0.2, 0.25) is 0 Å². The van der Waals surface area contributed by atoms with Crippen molar-refractivity contribution in [1.82, 2.24) is 9.97 Å². The molecule has 2 aromatic rings. The number of carbonyl (C=O) groups is 1. The van der Waals surface area contributed by atoms with Gasteiger partial charge in [0.1, 0.15) is 11.6 Å². The van der Waals surface area contributed by atoms with Gasteiger partial charge in [0.25, 0.3) is 5.56 Å². The summed E-state index contributed by atoms with van der Waals surface area (Å²) in [5.74, 6) is -0.751.